The monoisotopic (exact) mass is 293 g/mol. The van der Waals surface area contributed by atoms with Crippen molar-refractivity contribution in [2.75, 3.05) is 13.2 Å². The maximum Gasteiger partial charge on any atom is 0.326 e. The number of carbonyl (C=O) groups excluding carboxylic acids is 2. The summed E-state index contributed by atoms with van der Waals surface area (Å²) in [5.41, 5.74) is -0.577. The van der Waals surface area contributed by atoms with Gasteiger partial charge in [-0.2, -0.15) is 0 Å². The summed E-state index contributed by atoms with van der Waals surface area (Å²) in [4.78, 5) is 28.9. The van der Waals surface area contributed by atoms with Crippen LogP contribution in [0, 0.1) is 0 Å². The van der Waals surface area contributed by atoms with Crippen molar-refractivity contribution < 1.29 is 9.59 Å². The van der Waals surface area contributed by atoms with E-state index in [2.05, 4.69) is 17.1 Å². The number of imide groups is 1. The van der Waals surface area contributed by atoms with Gasteiger partial charge in [-0.15, -0.1) is 0 Å². The summed E-state index contributed by atoms with van der Waals surface area (Å²) in [6.45, 7) is 3.67. The first kappa shape index (κ1) is 14.8. The highest BCUT2D eigenvalue weighted by molar-refractivity contribution is 6.07. The van der Waals surface area contributed by atoms with Gasteiger partial charge in [0.2, 0.25) is 0 Å². The maximum atomic E-state index is 12.8. The van der Waals surface area contributed by atoms with E-state index in [1.807, 2.05) is 0 Å². The van der Waals surface area contributed by atoms with E-state index in [1.165, 1.54) is 30.6 Å². The van der Waals surface area contributed by atoms with Gasteiger partial charge in [-0.1, -0.05) is 32.6 Å². The van der Waals surface area contributed by atoms with Crippen molar-refractivity contribution >= 4 is 11.9 Å². The van der Waals surface area contributed by atoms with Crippen molar-refractivity contribution in [1.29, 1.82) is 0 Å². The zero-order chi connectivity index (χ0) is 14.9. The number of amides is 3. The Morgan fingerprint density at radius 1 is 1.14 bits per heavy atom. The molecule has 3 amide bonds. The van der Waals surface area contributed by atoms with Crippen LogP contribution in [0.3, 0.4) is 0 Å². The highest BCUT2D eigenvalue weighted by Crippen LogP contribution is 2.34. The van der Waals surface area contributed by atoms with Crippen LogP contribution >= 0.6 is 0 Å². The van der Waals surface area contributed by atoms with Gasteiger partial charge in [-0.05, 0) is 32.1 Å². The highest BCUT2D eigenvalue weighted by atomic mass is 16.2. The van der Waals surface area contributed by atoms with Crippen LogP contribution in [0.15, 0.2) is 0 Å². The van der Waals surface area contributed by atoms with Crippen molar-refractivity contribution in [2.45, 2.75) is 76.3 Å². The van der Waals surface area contributed by atoms with Gasteiger partial charge in [0.05, 0.1) is 6.67 Å². The van der Waals surface area contributed by atoms with E-state index in [4.69, 9.17) is 0 Å². The Morgan fingerprint density at radius 3 is 2.62 bits per heavy atom. The summed E-state index contributed by atoms with van der Waals surface area (Å²) in [6.07, 6.45) is 9.60. The Labute approximate surface area is 127 Å². The number of likely N-dealkylation sites (tertiary alicyclic amines) is 1. The van der Waals surface area contributed by atoms with E-state index in [-0.39, 0.29) is 11.9 Å². The topological polar surface area (TPSA) is 52.6 Å². The largest absolute Gasteiger partial charge is 0.326 e. The molecule has 118 valence electrons. The Morgan fingerprint density at radius 2 is 1.90 bits per heavy atom. The van der Waals surface area contributed by atoms with Gasteiger partial charge in [-0.25, -0.2) is 9.69 Å². The molecule has 1 N–H and O–H groups in total. The fourth-order valence-electron chi connectivity index (χ4n) is 4.19. The van der Waals surface area contributed by atoms with Crippen LogP contribution in [-0.4, -0.2) is 46.5 Å². The van der Waals surface area contributed by atoms with E-state index in [0.29, 0.717) is 12.7 Å². The standard InChI is InChI=1S/C16H27N3O2/c1-2-13-8-4-7-11-18(13)12-19-14(20)16(17-15(19)21)9-5-3-6-10-16/h13H,2-12H2,1H3,(H,17,21)/t13-/m0/s1. The van der Waals surface area contributed by atoms with E-state index in [0.717, 1.165) is 38.6 Å². The molecule has 0 unspecified atom stereocenters. The molecule has 2 heterocycles. The Hall–Kier alpha value is -1.10. The number of hydrogen-bond acceptors (Lipinski definition) is 3. The zero-order valence-corrected chi connectivity index (χ0v) is 13.1. The van der Waals surface area contributed by atoms with Crippen LogP contribution in [0.1, 0.15) is 64.7 Å². The summed E-state index contributed by atoms with van der Waals surface area (Å²) < 4.78 is 0. The summed E-state index contributed by atoms with van der Waals surface area (Å²) >= 11 is 0. The third kappa shape index (κ3) is 2.68. The molecule has 2 saturated heterocycles. The normalized spacial score (nSPS) is 30.0. The predicted octanol–water partition coefficient (Wildman–Crippen LogP) is 2.46. The predicted molar refractivity (Wildman–Crippen MR) is 80.7 cm³/mol. The molecule has 0 bridgehead atoms. The Kier molecular flexibility index (Phi) is 4.20. The van der Waals surface area contributed by atoms with Gasteiger partial charge >= 0.3 is 6.03 Å². The molecule has 0 aromatic rings. The molecule has 2 aliphatic heterocycles. The second kappa shape index (κ2) is 5.95. The summed E-state index contributed by atoms with van der Waals surface area (Å²) in [6, 6.07) is 0.338. The number of hydrogen-bond donors (Lipinski definition) is 1. The first-order chi connectivity index (χ1) is 10.2. The molecular weight excluding hydrogens is 266 g/mol. The van der Waals surface area contributed by atoms with Gasteiger partial charge in [0, 0.05) is 12.6 Å². The van der Waals surface area contributed by atoms with E-state index in [1.54, 1.807) is 0 Å². The quantitative estimate of drug-likeness (QED) is 0.813. The smallest absolute Gasteiger partial charge is 0.323 e. The van der Waals surface area contributed by atoms with Crippen molar-refractivity contribution in [3.63, 3.8) is 0 Å². The average Bonchev–Trinajstić information content (AvgIpc) is 2.73. The SMILES string of the molecule is CC[C@H]1CCCCN1CN1C(=O)NC2(CCCCC2)C1=O. The van der Waals surface area contributed by atoms with Crippen LogP contribution in [0.25, 0.3) is 0 Å². The lowest BCUT2D eigenvalue weighted by Crippen LogP contribution is -2.50. The summed E-state index contributed by atoms with van der Waals surface area (Å²) in [7, 11) is 0. The second-order valence-electron chi connectivity index (χ2n) is 6.82. The van der Waals surface area contributed by atoms with Crippen molar-refractivity contribution in [3.8, 4) is 0 Å². The molecule has 1 atom stereocenters. The first-order valence-corrected chi connectivity index (χ1v) is 8.54. The fraction of sp³-hybridized carbons (Fsp3) is 0.875. The molecule has 1 spiro atoms. The molecule has 1 saturated carbocycles. The maximum absolute atomic E-state index is 12.8. The molecule has 0 radical (unpaired) electrons. The lowest BCUT2D eigenvalue weighted by molar-refractivity contribution is -0.134. The minimum Gasteiger partial charge on any atom is -0.323 e. The molecule has 3 rings (SSSR count). The minimum atomic E-state index is -0.577. The minimum absolute atomic E-state index is 0.0210. The van der Waals surface area contributed by atoms with Crippen molar-refractivity contribution in [3.05, 3.63) is 0 Å². The van der Waals surface area contributed by atoms with Gasteiger partial charge in [-0.3, -0.25) is 9.69 Å². The third-order valence-corrected chi connectivity index (χ3v) is 5.50. The van der Waals surface area contributed by atoms with Crippen LogP contribution in [0.4, 0.5) is 4.79 Å². The number of carbonyl (C=O) groups is 2. The number of urea groups is 1. The Bertz CT molecular complexity index is 418. The Balaban J connectivity index is 1.70. The molecule has 5 nitrogen and oxygen atoms in total. The first-order valence-electron chi connectivity index (χ1n) is 8.54. The van der Waals surface area contributed by atoms with Gasteiger partial charge < -0.3 is 5.32 Å². The van der Waals surface area contributed by atoms with E-state index in [9.17, 15) is 9.59 Å². The molecule has 5 heteroatoms. The van der Waals surface area contributed by atoms with Gasteiger partial charge in [0.15, 0.2) is 0 Å². The number of nitrogens with zero attached hydrogens (tertiary/aromatic N) is 2. The molecule has 1 aliphatic carbocycles. The molecule has 21 heavy (non-hydrogen) atoms. The van der Waals surface area contributed by atoms with Crippen LogP contribution in [0.2, 0.25) is 0 Å². The van der Waals surface area contributed by atoms with Crippen molar-refractivity contribution in [1.82, 2.24) is 15.1 Å². The van der Waals surface area contributed by atoms with Crippen LogP contribution in [-0.2, 0) is 4.79 Å². The average molecular weight is 293 g/mol. The molecular formula is C16H27N3O2. The van der Waals surface area contributed by atoms with Gasteiger partial charge in [0.25, 0.3) is 5.91 Å². The fourth-order valence-corrected chi connectivity index (χ4v) is 4.19. The number of nitrogens with one attached hydrogen (secondary N) is 1. The molecule has 0 aromatic heterocycles. The number of piperidine rings is 1. The third-order valence-electron chi connectivity index (χ3n) is 5.50. The number of rotatable bonds is 3. The summed E-state index contributed by atoms with van der Waals surface area (Å²) in [5, 5.41) is 3.00. The molecule has 3 fully saturated rings. The lowest BCUT2D eigenvalue weighted by Gasteiger charge is -2.37. The van der Waals surface area contributed by atoms with E-state index < -0.39 is 5.54 Å². The zero-order valence-electron chi connectivity index (χ0n) is 13.1. The van der Waals surface area contributed by atoms with Crippen LogP contribution in [0.5, 0.6) is 0 Å². The molecule has 3 aliphatic rings. The lowest BCUT2D eigenvalue weighted by atomic mass is 9.82. The summed E-state index contributed by atoms with van der Waals surface area (Å²) in [5.74, 6) is 0.0210. The van der Waals surface area contributed by atoms with Crippen LogP contribution < -0.4 is 5.32 Å². The van der Waals surface area contributed by atoms with Gasteiger partial charge in [0.1, 0.15) is 5.54 Å². The highest BCUT2D eigenvalue weighted by Gasteiger charge is 2.51. The molecule has 0 aromatic carbocycles. The second-order valence-corrected chi connectivity index (χ2v) is 6.82. The van der Waals surface area contributed by atoms with E-state index >= 15 is 0 Å². The van der Waals surface area contributed by atoms with Crippen molar-refractivity contribution in [2.24, 2.45) is 0 Å².